The van der Waals surface area contributed by atoms with Gasteiger partial charge in [-0.25, -0.2) is 5.43 Å². The molecule has 0 bridgehead atoms. The first-order valence-corrected chi connectivity index (χ1v) is 6.67. The molecule has 19 heavy (non-hydrogen) atoms. The van der Waals surface area contributed by atoms with Gasteiger partial charge in [-0.15, -0.1) is 0 Å². The van der Waals surface area contributed by atoms with E-state index < -0.39 is 0 Å². The van der Waals surface area contributed by atoms with E-state index in [1.807, 2.05) is 24.3 Å². The third-order valence-corrected chi connectivity index (χ3v) is 3.67. The Bertz CT molecular complexity index is 585. The average Bonchev–Trinajstić information content (AvgIpc) is 2.86. The summed E-state index contributed by atoms with van der Waals surface area (Å²) in [5, 5.41) is 0. The molecule has 1 aromatic heterocycles. The van der Waals surface area contributed by atoms with E-state index in [1.165, 1.54) is 0 Å². The fraction of sp³-hybridized carbons (Fsp3) is 0.231. The van der Waals surface area contributed by atoms with Gasteiger partial charge in [0.25, 0.3) is 0 Å². The molecular weight excluding hydrogens is 312 g/mol. The predicted molar refractivity (Wildman–Crippen MR) is 73.0 cm³/mol. The number of hydrogen-bond acceptors (Lipinski definition) is 5. The lowest BCUT2D eigenvalue weighted by molar-refractivity contribution is 0.171. The maximum Gasteiger partial charge on any atom is 0.174 e. The Kier molecular flexibility index (Phi) is 3.46. The second-order valence-electron chi connectivity index (χ2n) is 4.15. The number of nitrogens with two attached hydrogens (primary N) is 1. The van der Waals surface area contributed by atoms with Gasteiger partial charge in [0.2, 0.25) is 0 Å². The van der Waals surface area contributed by atoms with Crippen LogP contribution in [0.4, 0.5) is 0 Å². The van der Waals surface area contributed by atoms with E-state index in [0.717, 1.165) is 22.6 Å². The van der Waals surface area contributed by atoms with Crippen molar-refractivity contribution in [3.8, 4) is 11.5 Å². The van der Waals surface area contributed by atoms with Crippen molar-refractivity contribution >= 4 is 15.9 Å². The Balaban J connectivity index is 1.98. The molecule has 0 aliphatic carbocycles. The fourth-order valence-corrected chi connectivity index (χ4v) is 2.58. The van der Waals surface area contributed by atoms with Crippen LogP contribution in [-0.2, 0) is 0 Å². The number of furan rings is 1. The molecule has 100 valence electrons. The van der Waals surface area contributed by atoms with Crippen LogP contribution in [-0.4, -0.2) is 13.2 Å². The summed E-state index contributed by atoms with van der Waals surface area (Å²) in [6.07, 6.45) is 1.61. The summed E-state index contributed by atoms with van der Waals surface area (Å²) in [6, 6.07) is 7.47. The lowest BCUT2D eigenvalue weighted by Gasteiger charge is -2.21. The molecule has 1 unspecified atom stereocenters. The van der Waals surface area contributed by atoms with Crippen molar-refractivity contribution in [2.24, 2.45) is 5.84 Å². The molecule has 3 N–H and O–H groups in total. The van der Waals surface area contributed by atoms with Crippen LogP contribution in [0.25, 0.3) is 0 Å². The third-order valence-electron chi connectivity index (χ3n) is 3.02. The fourth-order valence-electron chi connectivity index (χ4n) is 2.12. The summed E-state index contributed by atoms with van der Waals surface area (Å²) in [6.45, 7) is 1.14. The normalized spacial score (nSPS) is 15.3. The predicted octanol–water partition coefficient (Wildman–Crippen LogP) is 2.37. The Morgan fingerprint density at radius 3 is 2.63 bits per heavy atom. The molecule has 0 fully saturated rings. The second kappa shape index (κ2) is 5.24. The van der Waals surface area contributed by atoms with Crippen molar-refractivity contribution in [3.63, 3.8) is 0 Å². The molecule has 3 rings (SSSR count). The number of nitrogens with one attached hydrogen (secondary N) is 1. The second-order valence-corrected chi connectivity index (χ2v) is 4.87. The van der Waals surface area contributed by atoms with E-state index in [9.17, 15) is 0 Å². The number of hydrogen-bond donors (Lipinski definition) is 2. The molecule has 0 saturated carbocycles. The van der Waals surface area contributed by atoms with Crippen LogP contribution in [0.3, 0.4) is 0 Å². The van der Waals surface area contributed by atoms with E-state index in [1.54, 1.807) is 6.26 Å². The van der Waals surface area contributed by atoms with Gasteiger partial charge in [-0.05, 0) is 39.7 Å². The van der Waals surface area contributed by atoms with Crippen molar-refractivity contribution in [1.29, 1.82) is 0 Å². The Morgan fingerprint density at radius 1 is 1.16 bits per heavy atom. The van der Waals surface area contributed by atoms with E-state index in [2.05, 4.69) is 21.4 Å². The summed E-state index contributed by atoms with van der Waals surface area (Å²) in [5.74, 6) is 7.16. The lowest BCUT2D eigenvalue weighted by Crippen LogP contribution is -2.29. The van der Waals surface area contributed by atoms with Crippen LogP contribution in [0, 0.1) is 0 Å². The van der Waals surface area contributed by atoms with Crippen LogP contribution in [0.2, 0.25) is 0 Å². The minimum atomic E-state index is -0.177. The molecule has 5 nitrogen and oxygen atoms in total. The molecule has 2 heterocycles. The molecule has 0 spiro atoms. The van der Waals surface area contributed by atoms with Crippen molar-refractivity contribution in [2.75, 3.05) is 13.2 Å². The standard InChI is InChI=1S/C13H13BrN2O3/c14-13-9(3-4-19-13)12(16-15)8-1-2-10-11(7-8)18-6-5-17-10/h1-4,7,12,16H,5-6,15H2. The molecule has 0 saturated heterocycles. The van der Waals surface area contributed by atoms with E-state index in [-0.39, 0.29) is 6.04 Å². The first-order valence-electron chi connectivity index (χ1n) is 5.88. The molecule has 1 aromatic carbocycles. The smallest absolute Gasteiger partial charge is 0.174 e. The van der Waals surface area contributed by atoms with Gasteiger partial charge in [-0.2, -0.15) is 0 Å². The van der Waals surface area contributed by atoms with Gasteiger partial charge >= 0.3 is 0 Å². The summed E-state index contributed by atoms with van der Waals surface area (Å²) in [4.78, 5) is 0. The van der Waals surface area contributed by atoms with E-state index >= 15 is 0 Å². The zero-order chi connectivity index (χ0) is 13.2. The van der Waals surface area contributed by atoms with Gasteiger partial charge in [-0.3, -0.25) is 5.84 Å². The van der Waals surface area contributed by atoms with Crippen LogP contribution in [0.5, 0.6) is 11.5 Å². The van der Waals surface area contributed by atoms with E-state index in [4.69, 9.17) is 19.7 Å². The van der Waals surface area contributed by atoms with Crippen LogP contribution >= 0.6 is 15.9 Å². The maximum atomic E-state index is 5.66. The summed E-state index contributed by atoms with van der Waals surface area (Å²) in [7, 11) is 0. The Hall–Kier alpha value is -1.50. The van der Waals surface area contributed by atoms with Gasteiger partial charge in [0.1, 0.15) is 13.2 Å². The molecule has 1 aliphatic heterocycles. The highest BCUT2D eigenvalue weighted by Gasteiger charge is 2.20. The number of fused-ring (bicyclic) bond motifs is 1. The molecule has 1 aliphatic rings. The zero-order valence-corrected chi connectivity index (χ0v) is 11.6. The quantitative estimate of drug-likeness (QED) is 0.670. The van der Waals surface area contributed by atoms with Gasteiger partial charge in [0, 0.05) is 5.56 Å². The SMILES string of the molecule is NNC(c1ccc2c(c1)OCCO2)c1ccoc1Br. The Labute approximate surface area is 118 Å². The maximum absolute atomic E-state index is 5.66. The number of benzene rings is 1. The van der Waals surface area contributed by atoms with Crippen molar-refractivity contribution in [1.82, 2.24) is 5.43 Å². The first-order chi connectivity index (χ1) is 9.29. The highest BCUT2D eigenvalue weighted by Crippen LogP contribution is 2.35. The molecule has 2 aromatic rings. The van der Waals surface area contributed by atoms with Gasteiger partial charge < -0.3 is 13.9 Å². The van der Waals surface area contributed by atoms with Crippen molar-refractivity contribution in [3.05, 3.63) is 46.3 Å². The summed E-state index contributed by atoms with van der Waals surface area (Å²) >= 11 is 3.36. The van der Waals surface area contributed by atoms with Gasteiger partial charge in [-0.1, -0.05) is 6.07 Å². The van der Waals surface area contributed by atoms with Crippen LogP contribution in [0.1, 0.15) is 17.2 Å². The lowest BCUT2D eigenvalue weighted by atomic mass is 10.0. The van der Waals surface area contributed by atoms with Crippen molar-refractivity contribution < 1.29 is 13.9 Å². The Morgan fingerprint density at radius 2 is 1.95 bits per heavy atom. The topological polar surface area (TPSA) is 69.7 Å². The highest BCUT2D eigenvalue weighted by molar-refractivity contribution is 9.10. The zero-order valence-electron chi connectivity index (χ0n) is 10.1. The van der Waals surface area contributed by atoms with Crippen LogP contribution < -0.4 is 20.7 Å². The monoisotopic (exact) mass is 324 g/mol. The number of halogens is 1. The summed E-state index contributed by atoms with van der Waals surface area (Å²) < 4.78 is 17.0. The molecule has 0 amide bonds. The molecule has 6 heteroatoms. The number of hydrazine groups is 1. The van der Waals surface area contributed by atoms with Gasteiger partial charge in [0.05, 0.1) is 12.3 Å². The molecular formula is C13H13BrN2O3. The van der Waals surface area contributed by atoms with Gasteiger partial charge in [0.15, 0.2) is 16.2 Å². The number of ether oxygens (including phenoxy) is 2. The minimum absolute atomic E-state index is 0.177. The summed E-state index contributed by atoms with van der Waals surface area (Å²) in [5.41, 5.74) is 4.69. The third kappa shape index (κ3) is 2.34. The first kappa shape index (κ1) is 12.5. The number of rotatable bonds is 3. The largest absolute Gasteiger partial charge is 0.486 e. The van der Waals surface area contributed by atoms with Crippen molar-refractivity contribution in [2.45, 2.75) is 6.04 Å². The van der Waals surface area contributed by atoms with E-state index in [0.29, 0.717) is 17.9 Å². The molecule has 0 radical (unpaired) electrons. The minimum Gasteiger partial charge on any atom is -0.486 e. The highest BCUT2D eigenvalue weighted by atomic mass is 79.9. The average molecular weight is 325 g/mol. The van der Waals surface area contributed by atoms with Crippen LogP contribution in [0.15, 0.2) is 39.6 Å². The molecule has 1 atom stereocenters.